The van der Waals surface area contributed by atoms with Crippen molar-refractivity contribution in [2.75, 3.05) is 6.61 Å². The average Bonchev–Trinajstić information content (AvgIpc) is 3.21. The number of hydrogen-bond acceptors (Lipinski definition) is 6. The second-order valence-electron chi connectivity index (χ2n) is 5.03. The Balaban J connectivity index is 1.50. The number of aryl methyl sites for hydroxylation is 2. The summed E-state index contributed by atoms with van der Waals surface area (Å²) in [4.78, 5) is 20.8. The molecule has 0 aliphatic heterocycles. The molecule has 0 spiro atoms. The van der Waals surface area contributed by atoms with E-state index in [1.807, 2.05) is 31.6 Å². The summed E-state index contributed by atoms with van der Waals surface area (Å²) in [6, 6.07) is 3.91. The minimum Gasteiger partial charge on any atom is -0.461 e. The summed E-state index contributed by atoms with van der Waals surface area (Å²) in [5.41, 5.74) is 2.04. The Labute approximate surface area is 137 Å². The van der Waals surface area contributed by atoms with Crippen molar-refractivity contribution in [2.45, 2.75) is 12.8 Å². The van der Waals surface area contributed by atoms with Crippen molar-refractivity contribution < 1.29 is 9.53 Å². The average molecular weight is 328 g/mol. The second kappa shape index (κ2) is 7.15. The van der Waals surface area contributed by atoms with Crippen molar-refractivity contribution in [2.24, 2.45) is 7.05 Å². The quantitative estimate of drug-likeness (QED) is 0.514. The summed E-state index contributed by atoms with van der Waals surface area (Å²) in [5, 5.41) is 4.86. The normalized spacial score (nSPS) is 10.7. The van der Waals surface area contributed by atoms with Crippen LogP contribution < -0.4 is 0 Å². The van der Waals surface area contributed by atoms with Crippen LogP contribution in [0, 0.1) is 0 Å². The van der Waals surface area contributed by atoms with Crippen LogP contribution in [0.4, 0.5) is 0 Å². The van der Waals surface area contributed by atoms with E-state index in [0.717, 1.165) is 29.0 Å². The van der Waals surface area contributed by atoms with E-state index in [4.69, 9.17) is 4.74 Å². The van der Waals surface area contributed by atoms with Gasteiger partial charge in [-0.15, -0.1) is 11.3 Å². The van der Waals surface area contributed by atoms with E-state index in [-0.39, 0.29) is 5.97 Å². The number of carbonyl (C=O) groups excluding carboxylic acids is 1. The number of carbonyl (C=O) groups is 1. The molecule has 23 heavy (non-hydrogen) atoms. The van der Waals surface area contributed by atoms with E-state index in [9.17, 15) is 4.79 Å². The summed E-state index contributed by atoms with van der Waals surface area (Å²) in [6.45, 7) is 0.383. The lowest BCUT2D eigenvalue weighted by atomic mass is 10.2. The van der Waals surface area contributed by atoms with Gasteiger partial charge in [0.15, 0.2) is 0 Å². The number of ether oxygens (including phenoxy) is 1. The van der Waals surface area contributed by atoms with Crippen LogP contribution in [0.15, 0.2) is 43.1 Å². The van der Waals surface area contributed by atoms with Crippen LogP contribution in [0.2, 0.25) is 0 Å². The van der Waals surface area contributed by atoms with Crippen LogP contribution >= 0.6 is 11.3 Å². The summed E-state index contributed by atoms with van der Waals surface area (Å²) >= 11 is 1.31. The third-order valence-corrected chi connectivity index (χ3v) is 4.25. The van der Waals surface area contributed by atoms with Crippen LogP contribution in [0.1, 0.15) is 21.7 Å². The highest BCUT2D eigenvalue weighted by Crippen LogP contribution is 2.24. The molecule has 118 valence electrons. The van der Waals surface area contributed by atoms with Gasteiger partial charge >= 0.3 is 5.97 Å². The van der Waals surface area contributed by atoms with Gasteiger partial charge in [0.05, 0.1) is 19.0 Å². The minimum atomic E-state index is -0.330. The van der Waals surface area contributed by atoms with Crippen molar-refractivity contribution in [1.29, 1.82) is 0 Å². The lowest BCUT2D eigenvalue weighted by Gasteiger charge is -2.03. The Hall–Kier alpha value is -2.54. The summed E-state index contributed by atoms with van der Waals surface area (Å²) in [6.07, 6.45) is 10.3. The first-order chi connectivity index (χ1) is 11.2. The number of thiazole rings is 1. The summed E-state index contributed by atoms with van der Waals surface area (Å²) in [7, 11) is 1.84. The number of hydrogen-bond donors (Lipinski definition) is 0. The first kappa shape index (κ1) is 15.4. The van der Waals surface area contributed by atoms with Gasteiger partial charge in [0.25, 0.3) is 0 Å². The Morgan fingerprint density at radius 1 is 1.35 bits per heavy atom. The Morgan fingerprint density at radius 3 is 3.00 bits per heavy atom. The fraction of sp³-hybridized carbons (Fsp3) is 0.250. The van der Waals surface area contributed by atoms with Crippen LogP contribution in [0.3, 0.4) is 0 Å². The maximum absolute atomic E-state index is 12.0. The molecule has 0 saturated heterocycles. The maximum Gasteiger partial charge on any atom is 0.349 e. The van der Waals surface area contributed by atoms with Gasteiger partial charge in [0.2, 0.25) is 0 Å². The molecule has 3 rings (SSSR count). The van der Waals surface area contributed by atoms with Gasteiger partial charge < -0.3 is 4.74 Å². The lowest BCUT2D eigenvalue weighted by molar-refractivity contribution is 0.0506. The molecular formula is C16H16N4O2S. The molecule has 0 aromatic carbocycles. The van der Waals surface area contributed by atoms with Crippen molar-refractivity contribution in [3.05, 3.63) is 53.6 Å². The second-order valence-corrected chi connectivity index (χ2v) is 6.06. The fourth-order valence-corrected chi connectivity index (χ4v) is 2.88. The van der Waals surface area contributed by atoms with Gasteiger partial charge in [-0.1, -0.05) is 6.07 Å². The molecule has 0 aliphatic rings. The van der Waals surface area contributed by atoms with Gasteiger partial charge in [-0.3, -0.25) is 9.67 Å². The molecule has 0 bridgehead atoms. The van der Waals surface area contributed by atoms with E-state index in [0.29, 0.717) is 11.5 Å². The highest BCUT2D eigenvalue weighted by atomic mass is 32.1. The van der Waals surface area contributed by atoms with Crippen molar-refractivity contribution >= 4 is 17.3 Å². The van der Waals surface area contributed by atoms with E-state index >= 15 is 0 Å². The van der Waals surface area contributed by atoms with E-state index in [1.165, 1.54) is 11.3 Å². The monoisotopic (exact) mass is 328 g/mol. The smallest absolute Gasteiger partial charge is 0.349 e. The molecule has 7 heteroatoms. The molecule has 0 aliphatic carbocycles. The SMILES string of the molecule is Cn1cc(-c2ncc(C(=O)OCCCc3cccnc3)s2)cn1. The van der Waals surface area contributed by atoms with Gasteiger partial charge in [0, 0.05) is 31.2 Å². The molecule has 0 atom stereocenters. The van der Waals surface area contributed by atoms with Gasteiger partial charge in [-0.2, -0.15) is 5.10 Å². The first-order valence-electron chi connectivity index (χ1n) is 7.23. The van der Waals surface area contributed by atoms with Crippen LogP contribution in [-0.4, -0.2) is 32.3 Å². The van der Waals surface area contributed by atoms with E-state index in [1.54, 1.807) is 23.3 Å². The van der Waals surface area contributed by atoms with E-state index in [2.05, 4.69) is 15.1 Å². The molecule has 0 saturated carbocycles. The highest BCUT2D eigenvalue weighted by Gasteiger charge is 2.13. The Kier molecular flexibility index (Phi) is 4.77. The van der Waals surface area contributed by atoms with Gasteiger partial charge in [-0.25, -0.2) is 9.78 Å². The zero-order valence-corrected chi connectivity index (χ0v) is 13.5. The fourth-order valence-electron chi connectivity index (χ4n) is 2.09. The number of pyridine rings is 1. The van der Waals surface area contributed by atoms with Gasteiger partial charge in [-0.05, 0) is 24.5 Å². The molecule has 0 unspecified atom stereocenters. The predicted octanol–water partition coefficient (Wildman–Crippen LogP) is 2.73. The molecule has 3 heterocycles. The zero-order valence-electron chi connectivity index (χ0n) is 12.7. The number of rotatable bonds is 6. The summed E-state index contributed by atoms with van der Waals surface area (Å²) < 4.78 is 7.00. The first-order valence-corrected chi connectivity index (χ1v) is 8.05. The Bertz CT molecular complexity index is 782. The molecule has 0 amide bonds. The third-order valence-electron chi connectivity index (χ3n) is 3.22. The zero-order chi connectivity index (χ0) is 16.1. The molecule has 0 N–H and O–H groups in total. The summed E-state index contributed by atoms with van der Waals surface area (Å²) in [5.74, 6) is -0.330. The highest BCUT2D eigenvalue weighted by molar-refractivity contribution is 7.16. The van der Waals surface area contributed by atoms with Crippen LogP contribution in [0.25, 0.3) is 10.6 Å². The van der Waals surface area contributed by atoms with Crippen molar-refractivity contribution in [1.82, 2.24) is 19.7 Å². The molecule has 6 nitrogen and oxygen atoms in total. The topological polar surface area (TPSA) is 69.9 Å². The van der Waals surface area contributed by atoms with E-state index < -0.39 is 0 Å². The molecule has 0 radical (unpaired) electrons. The molecular weight excluding hydrogens is 312 g/mol. The molecule has 3 aromatic heterocycles. The number of aromatic nitrogens is 4. The minimum absolute atomic E-state index is 0.330. The van der Waals surface area contributed by atoms with Crippen molar-refractivity contribution in [3.63, 3.8) is 0 Å². The van der Waals surface area contributed by atoms with Crippen LogP contribution in [0.5, 0.6) is 0 Å². The number of nitrogens with zero attached hydrogens (tertiary/aromatic N) is 4. The maximum atomic E-state index is 12.0. The lowest BCUT2D eigenvalue weighted by Crippen LogP contribution is -2.05. The number of esters is 1. The third kappa shape index (κ3) is 4.01. The van der Waals surface area contributed by atoms with Crippen LogP contribution in [-0.2, 0) is 18.2 Å². The molecule has 0 fully saturated rings. The van der Waals surface area contributed by atoms with Crippen molar-refractivity contribution in [3.8, 4) is 10.6 Å². The Morgan fingerprint density at radius 2 is 2.26 bits per heavy atom. The largest absolute Gasteiger partial charge is 0.461 e. The predicted molar refractivity (Wildman–Crippen MR) is 87.2 cm³/mol. The standard InChI is InChI=1S/C16H16N4O2S/c1-20-11-13(9-19-20)15-18-10-14(23-15)16(21)22-7-3-5-12-4-2-6-17-8-12/h2,4,6,8-11H,3,5,7H2,1H3. The van der Waals surface area contributed by atoms with Gasteiger partial charge in [0.1, 0.15) is 9.88 Å². The molecule has 3 aromatic rings.